The third-order valence-electron chi connectivity index (χ3n) is 10.4. The summed E-state index contributed by atoms with van der Waals surface area (Å²) in [6.45, 7) is 4.98. The highest BCUT2D eigenvalue weighted by Gasteiger charge is 2.53. The molecule has 3 heterocycles. The number of nitrogens with two attached hydrogens (primary N) is 3. The molecule has 57 heavy (non-hydrogen) atoms. The number of unbranched alkanes of at least 4 members (excludes halogenated alkanes) is 6. The van der Waals surface area contributed by atoms with Crippen LogP contribution in [0, 0.1) is 0 Å². The smallest absolute Gasteiger partial charge is 0.305 e. The third kappa shape index (κ3) is 14.5. The first kappa shape index (κ1) is 49.3. The lowest BCUT2D eigenvalue weighted by Gasteiger charge is -2.49. The summed E-state index contributed by atoms with van der Waals surface area (Å²) in [5.74, 6) is -1.44. The van der Waals surface area contributed by atoms with Gasteiger partial charge >= 0.3 is 17.9 Å². The predicted octanol–water partition coefficient (Wildman–Crippen LogP) is 0.0280. The van der Waals surface area contributed by atoms with E-state index < -0.39 is 116 Å². The molecule has 15 atom stereocenters. The summed E-state index contributed by atoms with van der Waals surface area (Å²) in [5, 5.41) is 34.1. The molecule has 0 radical (unpaired) electrons. The van der Waals surface area contributed by atoms with E-state index in [1.54, 1.807) is 0 Å². The van der Waals surface area contributed by atoms with Crippen molar-refractivity contribution in [1.29, 1.82) is 0 Å². The van der Waals surface area contributed by atoms with Crippen LogP contribution in [0.2, 0.25) is 0 Å². The van der Waals surface area contributed by atoms with Crippen LogP contribution in [0.15, 0.2) is 0 Å². The van der Waals surface area contributed by atoms with Gasteiger partial charge in [-0.1, -0.05) is 59.3 Å². The lowest BCUT2D eigenvalue weighted by Crippen LogP contribution is -2.69. The SMILES string of the molecule is CCCCCC(=O)OCC1OC(OC2C(COC(=O)CCCCC)OC(OC3C(COC(=O)CCCCC)OC(OC)C(N)C3O)C(N)C2O)C(N)C(O)C1OC. The average molecular weight is 824 g/mol. The molecule has 0 spiro atoms. The minimum atomic E-state index is -1.60. The lowest BCUT2D eigenvalue weighted by atomic mass is 9.94. The van der Waals surface area contributed by atoms with Crippen molar-refractivity contribution >= 4 is 17.9 Å². The maximum Gasteiger partial charge on any atom is 0.305 e. The first-order valence-corrected chi connectivity index (χ1v) is 20.4. The Bertz CT molecular complexity index is 1190. The van der Waals surface area contributed by atoms with Crippen molar-refractivity contribution in [3.63, 3.8) is 0 Å². The van der Waals surface area contributed by atoms with E-state index >= 15 is 0 Å². The van der Waals surface area contributed by atoms with Gasteiger partial charge in [0.15, 0.2) is 18.9 Å². The Hall–Kier alpha value is -2.11. The minimum Gasteiger partial charge on any atom is -0.463 e. The Morgan fingerprint density at radius 2 is 0.807 bits per heavy atom. The molecule has 0 aromatic carbocycles. The summed E-state index contributed by atoms with van der Waals surface area (Å²) in [6, 6.07) is -3.70. The van der Waals surface area contributed by atoms with Crippen LogP contribution in [0.3, 0.4) is 0 Å². The van der Waals surface area contributed by atoms with Crippen LogP contribution in [0.4, 0.5) is 0 Å². The molecule has 19 heteroatoms. The Balaban J connectivity index is 1.83. The maximum absolute atomic E-state index is 12.7. The van der Waals surface area contributed by atoms with Crippen molar-refractivity contribution in [2.24, 2.45) is 17.2 Å². The van der Waals surface area contributed by atoms with E-state index in [1.165, 1.54) is 14.2 Å². The monoisotopic (exact) mass is 823 g/mol. The van der Waals surface area contributed by atoms with Crippen molar-refractivity contribution in [3.05, 3.63) is 0 Å². The third-order valence-corrected chi connectivity index (χ3v) is 10.4. The molecule has 9 N–H and O–H groups in total. The van der Waals surface area contributed by atoms with Crippen LogP contribution in [0.25, 0.3) is 0 Å². The van der Waals surface area contributed by atoms with Gasteiger partial charge in [-0.25, -0.2) is 0 Å². The second-order valence-electron chi connectivity index (χ2n) is 14.9. The van der Waals surface area contributed by atoms with E-state index in [1.807, 2.05) is 20.8 Å². The Morgan fingerprint density at radius 3 is 1.14 bits per heavy atom. The Labute approximate surface area is 335 Å². The van der Waals surface area contributed by atoms with Crippen molar-refractivity contribution in [3.8, 4) is 0 Å². The molecule has 15 unspecified atom stereocenters. The minimum absolute atomic E-state index is 0.136. The summed E-state index contributed by atoms with van der Waals surface area (Å²) in [4.78, 5) is 37.6. The summed E-state index contributed by atoms with van der Waals surface area (Å²) in [5.41, 5.74) is 19.1. The maximum atomic E-state index is 12.7. The number of hydrogen-bond donors (Lipinski definition) is 6. The molecule has 0 aromatic rings. The van der Waals surface area contributed by atoms with Gasteiger partial charge in [0, 0.05) is 33.5 Å². The number of ether oxygens (including phenoxy) is 10. The molecule has 19 nitrogen and oxygen atoms in total. The topological polar surface area (TPSA) is 282 Å². The molecule has 0 bridgehead atoms. The van der Waals surface area contributed by atoms with Crippen LogP contribution < -0.4 is 17.2 Å². The second-order valence-corrected chi connectivity index (χ2v) is 14.9. The number of esters is 3. The zero-order valence-electron chi connectivity index (χ0n) is 34.1. The number of methoxy groups -OCH3 is 2. The van der Waals surface area contributed by atoms with Gasteiger partial charge in [0.05, 0.1) is 18.1 Å². The summed E-state index contributed by atoms with van der Waals surface area (Å²) >= 11 is 0. The Kier molecular flexibility index (Phi) is 22.0. The molecular formula is C38H69N3O16. The highest BCUT2D eigenvalue weighted by atomic mass is 16.8. The van der Waals surface area contributed by atoms with Gasteiger partial charge in [-0.05, 0) is 19.3 Å². The number of aliphatic hydroxyl groups is 3. The van der Waals surface area contributed by atoms with E-state index in [9.17, 15) is 29.7 Å². The van der Waals surface area contributed by atoms with E-state index in [0.29, 0.717) is 19.3 Å². The number of rotatable bonds is 24. The van der Waals surface area contributed by atoms with Crippen molar-refractivity contribution in [1.82, 2.24) is 0 Å². The summed E-state index contributed by atoms with van der Waals surface area (Å²) in [7, 11) is 2.69. The largest absolute Gasteiger partial charge is 0.463 e. The van der Waals surface area contributed by atoms with Gasteiger partial charge in [-0.15, -0.1) is 0 Å². The zero-order valence-corrected chi connectivity index (χ0v) is 34.1. The molecular weight excluding hydrogens is 754 g/mol. The normalized spacial score (nSPS) is 35.7. The lowest BCUT2D eigenvalue weighted by molar-refractivity contribution is -0.349. The van der Waals surface area contributed by atoms with Crippen LogP contribution in [-0.4, -0.2) is 159 Å². The number of hydrogen-bond acceptors (Lipinski definition) is 19. The van der Waals surface area contributed by atoms with E-state index in [-0.39, 0.29) is 32.5 Å². The fourth-order valence-electron chi connectivity index (χ4n) is 6.92. The highest BCUT2D eigenvalue weighted by molar-refractivity contribution is 5.70. The standard InChI is InChI=1S/C38H69N3O16/c1-6-9-12-15-24(42)50-18-21-33(48-4)30(45)28(40)37(54-21)57-35-23(20-52-26(44)17-14-11-8-3)55-38(29(41)32(35)47)56-34-22(19-51-25(43)16-13-10-7-2)53-36(49-5)27(39)31(34)46/h21-23,27-38,45-47H,6-20,39-41H2,1-5H3. The van der Waals surface area contributed by atoms with Crippen molar-refractivity contribution in [2.45, 2.75) is 190 Å². The highest BCUT2D eigenvalue weighted by Crippen LogP contribution is 2.32. The Morgan fingerprint density at radius 1 is 0.491 bits per heavy atom. The van der Waals surface area contributed by atoms with Gasteiger partial charge in [-0.2, -0.15) is 0 Å². The van der Waals surface area contributed by atoms with E-state index in [4.69, 9.17) is 64.6 Å². The molecule has 3 rings (SSSR count). The number of carbonyl (C=O) groups is 3. The van der Waals surface area contributed by atoms with Gasteiger partial charge < -0.3 is 79.9 Å². The van der Waals surface area contributed by atoms with Crippen molar-refractivity contribution in [2.75, 3.05) is 34.0 Å². The zero-order chi connectivity index (χ0) is 42.1. The fraction of sp³-hybridized carbons (Fsp3) is 0.921. The summed E-state index contributed by atoms with van der Waals surface area (Å²) in [6.07, 6.45) is -7.74. The number of carbonyl (C=O) groups excluding carboxylic acids is 3. The van der Waals surface area contributed by atoms with Crippen LogP contribution >= 0.6 is 0 Å². The van der Waals surface area contributed by atoms with E-state index in [0.717, 1.165) is 38.5 Å². The van der Waals surface area contributed by atoms with Crippen molar-refractivity contribution < 1.29 is 77.1 Å². The number of aliphatic hydroxyl groups excluding tert-OH is 3. The van der Waals surface area contributed by atoms with Gasteiger partial charge in [0.25, 0.3) is 0 Å². The summed E-state index contributed by atoms with van der Waals surface area (Å²) < 4.78 is 57.9. The molecule has 332 valence electrons. The molecule has 0 aliphatic carbocycles. The van der Waals surface area contributed by atoms with Gasteiger partial charge in [-0.3, -0.25) is 14.4 Å². The molecule has 0 aromatic heterocycles. The first-order valence-electron chi connectivity index (χ1n) is 20.4. The van der Waals surface area contributed by atoms with Crippen LogP contribution in [-0.2, 0) is 61.8 Å². The molecule has 3 saturated heterocycles. The molecule has 0 saturated carbocycles. The molecule has 3 fully saturated rings. The first-order chi connectivity index (χ1) is 27.3. The predicted molar refractivity (Wildman–Crippen MR) is 201 cm³/mol. The van der Waals surface area contributed by atoms with E-state index in [2.05, 4.69) is 0 Å². The second kappa shape index (κ2) is 25.5. The molecule has 3 aliphatic heterocycles. The average Bonchev–Trinajstić information content (AvgIpc) is 3.19. The van der Waals surface area contributed by atoms with Gasteiger partial charge in [0.1, 0.15) is 74.8 Å². The van der Waals surface area contributed by atoms with Gasteiger partial charge in [0.2, 0.25) is 0 Å². The van der Waals surface area contributed by atoms with Crippen LogP contribution in [0.1, 0.15) is 97.8 Å². The fourth-order valence-corrected chi connectivity index (χ4v) is 6.92. The molecule has 0 amide bonds. The molecule has 3 aliphatic rings. The quantitative estimate of drug-likeness (QED) is 0.0425. The van der Waals surface area contributed by atoms with Crippen LogP contribution in [0.5, 0.6) is 0 Å².